The SMILES string of the molecule is O=C(O)c1cccnc1C(=O)N1Cc2ccccc2C1. The number of hydrogen-bond donors (Lipinski definition) is 1. The highest BCUT2D eigenvalue weighted by Gasteiger charge is 2.27. The summed E-state index contributed by atoms with van der Waals surface area (Å²) in [6.45, 7) is 0.981. The summed E-state index contributed by atoms with van der Waals surface area (Å²) in [6.07, 6.45) is 1.43. The number of carbonyl (C=O) groups is 2. The van der Waals surface area contributed by atoms with Crippen molar-refractivity contribution in [3.8, 4) is 0 Å². The van der Waals surface area contributed by atoms with Gasteiger partial charge in [-0.15, -0.1) is 0 Å². The molecule has 100 valence electrons. The zero-order valence-electron chi connectivity index (χ0n) is 10.6. The Morgan fingerprint density at radius 2 is 1.70 bits per heavy atom. The van der Waals surface area contributed by atoms with Crippen molar-refractivity contribution >= 4 is 11.9 Å². The lowest BCUT2D eigenvalue weighted by Crippen LogP contribution is -2.28. The molecule has 0 atom stereocenters. The minimum Gasteiger partial charge on any atom is -0.478 e. The van der Waals surface area contributed by atoms with Gasteiger partial charge in [0.2, 0.25) is 0 Å². The number of hydrogen-bond acceptors (Lipinski definition) is 3. The normalized spacial score (nSPS) is 13.1. The van der Waals surface area contributed by atoms with Crippen LogP contribution in [-0.2, 0) is 13.1 Å². The second-order valence-corrected chi connectivity index (χ2v) is 4.63. The molecule has 2 heterocycles. The Morgan fingerprint density at radius 1 is 1.05 bits per heavy atom. The maximum atomic E-state index is 12.4. The van der Waals surface area contributed by atoms with Crippen LogP contribution in [0.5, 0.6) is 0 Å². The summed E-state index contributed by atoms with van der Waals surface area (Å²) in [5, 5.41) is 9.12. The third-order valence-electron chi connectivity index (χ3n) is 3.37. The number of aromatic carboxylic acids is 1. The Bertz CT molecular complexity index is 672. The van der Waals surface area contributed by atoms with Gasteiger partial charge in [0, 0.05) is 19.3 Å². The topological polar surface area (TPSA) is 70.5 Å². The molecule has 0 saturated heterocycles. The Kier molecular flexibility index (Phi) is 2.95. The van der Waals surface area contributed by atoms with Crippen molar-refractivity contribution in [1.82, 2.24) is 9.88 Å². The van der Waals surface area contributed by atoms with Crippen LogP contribution in [-0.4, -0.2) is 26.9 Å². The number of amides is 1. The van der Waals surface area contributed by atoms with Gasteiger partial charge in [-0.3, -0.25) is 9.78 Å². The van der Waals surface area contributed by atoms with Crippen molar-refractivity contribution in [1.29, 1.82) is 0 Å². The minimum atomic E-state index is -1.14. The van der Waals surface area contributed by atoms with Gasteiger partial charge >= 0.3 is 5.97 Å². The zero-order valence-corrected chi connectivity index (χ0v) is 10.6. The zero-order chi connectivity index (χ0) is 14.1. The van der Waals surface area contributed by atoms with Crippen LogP contribution in [0.4, 0.5) is 0 Å². The van der Waals surface area contributed by atoms with Gasteiger partial charge in [-0.2, -0.15) is 0 Å². The number of carbonyl (C=O) groups excluding carboxylic acids is 1. The molecule has 0 fully saturated rings. The first-order valence-corrected chi connectivity index (χ1v) is 6.21. The highest BCUT2D eigenvalue weighted by Crippen LogP contribution is 2.24. The molecule has 1 aromatic heterocycles. The lowest BCUT2D eigenvalue weighted by Gasteiger charge is -2.15. The molecule has 0 aliphatic carbocycles. The van der Waals surface area contributed by atoms with Gasteiger partial charge in [-0.25, -0.2) is 4.79 Å². The smallest absolute Gasteiger partial charge is 0.338 e. The van der Waals surface area contributed by atoms with E-state index < -0.39 is 5.97 Å². The van der Waals surface area contributed by atoms with E-state index in [0.29, 0.717) is 13.1 Å². The van der Waals surface area contributed by atoms with Crippen LogP contribution in [0.1, 0.15) is 32.0 Å². The first-order chi connectivity index (χ1) is 9.66. The molecule has 0 radical (unpaired) electrons. The lowest BCUT2D eigenvalue weighted by molar-refractivity contribution is 0.0671. The fourth-order valence-electron chi connectivity index (χ4n) is 2.37. The van der Waals surface area contributed by atoms with Crippen molar-refractivity contribution in [3.05, 3.63) is 65.0 Å². The molecule has 1 amide bonds. The predicted molar refractivity (Wildman–Crippen MR) is 71.2 cm³/mol. The van der Waals surface area contributed by atoms with Crippen LogP contribution in [0, 0.1) is 0 Å². The second kappa shape index (κ2) is 4.77. The highest BCUT2D eigenvalue weighted by molar-refractivity contribution is 6.03. The molecule has 5 nitrogen and oxygen atoms in total. The Hall–Kier alpha value is -2.69. The summed E-state index contributed by atoms with van der Waals surface area (Å²) in [6, 6.07) is 10.7. The maximum Gasteiger partial charge on any atom is 0.338 e. The molecule has 0 spiro atoms. The molecule has 1 N–H and O–H groups in total. The van der Waals surface area contributed by atoms with E-state index >= 15 is 0 Å². The van der Waals surface area contributed by atoms with Gasteiger partial charge in [0.1, 0.15) is 5.69 Å². The average Bonchev–Trinajstić information content (AvgIpc) is 2.90. The first kappa shape index (κ1) is 12.3. The average molecular weight is 268 g/mol. The fourth-order valence-corrected chi connectivity index (χ4v) is 2.37. The molecule has 2 aromatic rings. The van der Waals surface area contributed by atoms with E-state index in [1.54, 1.807) is 4.90 Å². The van der Waals surface area contributed by atoms with Crippen LogP contribution >= 0.6 is 0 Å². The molecular weight excluding hydrogens is 256 g/mol. The van der Waals surface area contributed by atoms with Gasteiger partial charge in [0.15, 0.2) is 0 Å². The molecule has 5 heteroatoms. The van der Waals surface area contributed by atoms with E-state index in [-0.39, 0.29) is 17.2 Å². The van der Waals surface area contributed by atoms with Gasteiger partial charge < -0.3 is 10.0 Å². The molecule has 1 aromatic carbocycles. The largest absolute Gasteiger partial charge is 0.478 e. The number of carboxylic acid groups (broad SMARTS) is 1. The van der Waals surface area contributed by atoms with Crippen LogP contribution in [0.15, 0.2) is 42.6 Å². The number of carboxylic acids is 1. The third-order valence-corrected chi connectivity index (χ3v) is 3.37. The molecule has 1 aliphatic heterocycles. The van der Waals surface area contributed by atoms with E-state index in [2.05, 4.69) is 4.98 Å². The van der Waals surface area contributed by atoms with Crippen molar-refractivity contribution in [2.45, 2.75) is 13.1 Å². The van der Waals surface area contributed by atoms with Crippen molar-refractivity contribution in [3.63, 3.8) is 0 Å². The summed E-state index contributed by atoms with van der Waals surface area (Å²) in [4.78, 5) is 29.1. The number of fused-ring (bicyclic) bond motifs is 1. The van der Waals surface area contributed by atoms with E-state index in [9.17, 15) is 9.59 Å². The van der Waals surface area contributed by atoms with Crippen molar-refractivity contribution < 1.29 is 14.7 Å². The summed E-state index contributed by atoms with van der Waals surface area (Å²) >= 11 is 0. The van der Waals surface area contributed by atoms with Crippen molar-refractivity contribution in [2.24, 2.45) is 0 Å². The quantitative estimate of drug-likeness (QED) is 0.903. The molecule has 0 bridgehead atoms. The molecule has 1 aliphatic rings. The Morgan fingerprint density at radius 3 is 2.30 bits per heavy atom. The second-order valence-electron chi connectivity index (χ2n) is 4.63. The van der Waals surface area contributed by atoms with Gasteiger partial charge in [0.05, 0.1) is 5.56 Å². The summed E-state index contributed by atoms with van der Waals surface area (Å²) in [5.41, 5.74) is 2.11. The van der Waals surface area contributed by atoms with E-state index in [1.807, 2.05) is 24.3 Å². The minimum absolute atomic E-state index is 0.00666. The predicted octanol–water partition coefficient (Wildman–Crippen LogP) is 1.94. The standard InChI is InChI=1S/C15H12N2O3/c18-14(13-12(15(19)20)6-3-7-16-13)17-8-10-4-1-2-5-11(10)9-17/h1-7H,8-9H2,(H,19,20). The van der Waals surface area contributed by atoms with Crippen LogP contribution in [0.3, 0.4) is 0 Å². The third kappa shape index (κ3) is 2.03. The number of rotatable bonds is 2. The first-order valence-electron chi connectivity index (χ1n) is 6.21. The van der Waals surface area contributed by atoms with E-state index in [0.717, 1.165) is 11.1 Å². The Balaban J connectivity index is 1.91. The molecular formula is C15H12N2O3. The number of nitrogens with zero attached hydrogens (tertiary/aromatic N) is 2. The van der Waals surface area contributed by atoms with Crippen LogP contribution in [0.25, 0.3) is 0 Å². The Labute approximate surface area is 115 Å². The van der Waals surface area contributed by atoms with Gasteiger partial charge in [-0.05, 0) is 23.3 Å². The van der Waals surface area contributed by atoms with Crippen molar-refractivity contribution in [2.75, 3.05) is 0 Å². The number of pyridine rings is 1. The fraction of sp³-hybridized carbons (Fsp3) is 0.133. The number of benzene rings is 1. The number of aromatic nitrogens is 1. The summed E-state index contributed by atoms with van der Waals surface area (Å²) in [5.74, 6) is -1.49. The lowest BCUT2D eigenvalue weighted by atomic mass is 10.1. The van der Waals surface area contributed by atoms with Crippen LogP contribution < -0.4 is 0 Å². The highest BCUT2D eigenvalue weighted by atomic mass is 16.4. The van der Waals surface area contributed by atoms with E-state index in [4.69, 9.17) is 5.11 Å². The monoisotopic (exact) mass is 268 g/mol. The molecule has 0 unspecified atom stereocenters. The van der Waals surface area contributed by atoms with Crippen LogP contribution in [0.2, 0.25) is 0 Å². The summed E-state index contributed by atoms with van der Waals surface area (Å²) in [7, 11) is 0. The maximum absolute atomic E-state index is 12.4. The summed E-state index contributed by atoms with van der Waals surface area (Å²) < 4.78 is 0. The van der Waals surface area contributed by atoms with Gasteiger partial charge in [0.25, 0.3) is 5.91 Å². The molecule has 3 rings (SSSR count). The van der Waals surface area contributed by atoms with Gasteiger partial charge in [-0.1, -0.05) is 24.3 Å². The molecule has 0 saturated carbocycles. The van der Waals surface area contributed by atoms with E-state index in [1.165, 1.54) is 18.3 Å². The molecule has 20 heavy (non-hydrogen) atoms.